The predicted octanol–water partition coefficient (Wildman–Crippen LogP) is 4.92. The number of pyridine rings is 1. The van der Waals surface area contributed by atoms with E-state index in [0.717, 1.165) is 5.56 Å². The summed E-state index contributed by atoms with van der Waals surface area (Å²) >= 11 is 6.41. The highest BCUT2D eigenvalue weighted by Gasteiger charge is 2.61. The van der Waals surface area contributed by atoms with Gasteiger partial charge in [0.1, 0.15) is 34.6 Å². The van der Waals surface area contributed by atoms with Gasteiger partial charge in [0, 0.05) is 35.4 Å². The fourth-order valence-corrected chi connectivity index (χ4v) is 8.36. The molecule has 3 N–H and O–H groups in total. The number of sulfonamides is 1. The molecule has 0 bridgehead atoms. The minimum atomic E-state index is -4.28. The van der Waals surface area contributed by atoms with Crippen LogP contribution in [0.4, 0.5) is 0 Å². The second-order valence-electron chi connectivity index (χ2n) is 14.0. The summed E-state index contributed by atoms with van der Waals surface area (Å²) < 4.78 is 40.4. The Labute approximate surface area is 340 Å². The van der Waals surface area contributed by atoms with E-state index in [4.69, 9.17) is 26.1 Å². The summed E-state index contributed by atoms with van der Waals surface area (Å²) in [5, 5.41) is 4.93. The molecule has 298 valence electrons. The number of likely N-dealkylation sites (tertiary alicyclic amines) is 1. The van der Waals surface area contributed by atoms with Gasteiger partial charge in [0.05, 0.1) is 36.3 Å². The molecule has 4 aromatic carbocycles. The lowest BCUT2D eigenvalue weighted by Crippen LogP contribution is -2.57. The molecule has 0 radical (unpaired) electrons. The lowest BCUT2D eigenvalue weighted by molar-refractivity contribution is -0.140. The standard InChI is InChI=1S/C43H40ClN5O8S/c1-3-29-24-43(29,42(53)48-58(54,55)32-17-11-6-12-18-32)47-40(51)36-22-31(26-49(36)38(50)25-45-41(52)39(44)28-15-9-5-10-16-28)57-37-23-34(27-13-7-4-8-14-27)46-35-21-30(56-2)19-20-33(35)37/h3-21,23,29,31,36,39H,1,22,24-26H2,2H3,(H,45,52)(H,47,51)(H,48,53)/t29-,31?,36+,39?,43-/m1/s1. The fraction of sp³-hybridized carbons (Fsp3) is 0.233. The Morgan fingerprint density at radius 2 is 1.64 bits per heavy atom. The monoisotopic (exact) mass is 821 g/mol. The zero-order valence-corrected chi connectivity index (χ0v) is 32.9. The lowest BCUT2D eigenvalue weighted by atomic mass is 10.1. The molecule has 2 unspecified atom stereocenters. The number of carbonyl (C=O) groups excluding carboxylic acids is 4. The Morgan fingerprint density at radius 3 is 2.29 bits per heavy atom. The van der Waals surface area contributed by atoms with Gasteiger partial charge in [0.15, 0.2) is 0 Å². The summed E-state index contributed by atoms with van der Waals surface area (Å²) in [5.74, 6) is -2.42. The molecule has 1 saturated heterocycles. The quantitative estimate of drug-likeness (QED) is 0.104. The number of nitrogens with zero attached hydrogens (tertiary/aromatic N) is 2. The molecule has 2 fully saturated rings. The van der Waals surface area contributed by atoms with E-state index in [0.29, 0.717) is 33.7 Å². The van der Waals surface area contributed by atoms with Crippen molar-refractivity contribution in [3.05, 3.63) is 133 Å². The number of fused-ring (bicyclic) bond motifs is 1. The highest BCUT2D eigenvalue weighted by molar-refractivity contribution is 7.90. The number of amides is 4. The van der Waals surface area contributed by atoms with E-state index in [1.165, 1.54) is 35.2 Å². The molecule has 1 saturated carbocycles. The molecule has 4 amide bonds. The third-order valence-electron chi connectivity index (χ3n) is 10.3. The van der Waals surface area contributed by atoms with Crippen LogP contribution >= 0.6 is 11.6 Å². The highest BCUT2D eigenvalue weighted by Crippen LogP contribution is 2.45. The van der Waals surface area contributed by atoms with E-state index in [2.05, 4.69) is 21.9 Å². The Kier molecular flexibility index (Phi) is 11.5. The van der Waals surface area contributed by atoms with Crippen molar-refractivity contribution in [3.63, 3.8) is 0 Å². The Bertz CT molecular complexity index is 2470. The zero-order valence-electron chi connectivity index (χ0n) is 31.3. The maximum atomic E-state index is 14.3. The van der Waals surface area contributed by atoms with Crippen LogP contribution in [0.15, 0.2) is 133 Å². The van der Waals surface area contributed by atoms with E-state index >= 15 is 0 Å². The van der Waals surface area contributed by atoms with Crippen LogP contribution in [0.1, 0.15) is 23.8 Å². The molecule has 0 spiro atoms. The molecule has 5 aromatic rings. The maximum Gasteiger partial charge on any atom is 0.264 e. The number of rotatable bonds is 14. The van der Waals surface area contributed by atoms with Gasteiger partial charge in [-0.2, -0.15) is 0 Å². The van der Waals surface area contributed by atoms with Crippen LogP contribution in [0.3, 0.4) is 0 Å². The summed E-state index contributed by atoms with van der Waals surface area (Å²) in [5.41, 5.74) is 0.943. The number of carbonyl (C=O) groups is 4. The van der Waals surface area contributed by atoms with Crippen molar-refractivity contribution in [2.75, 3.05) is 20.2 Å². The minimum Gasteiger partial charge on any atom is -0.497 e. The molecule has 58 heavy (non-hydrogen) atoms. The van der Waals surface area contributed by atoms with Crippen molar-refractivity contribution >= 4 is 56.2 Å². The van der Waals surface area contributed by atoms with Crippen LogP contribution < -0.4 is 24.8 Å². The van der Waals surface area contributed by atoms with E-state index in [1.807, 2.05) is 36.4 Å². The topological polar surface area (TPSA) is 173 Å². The second kappa shape index (κ2) is 16.7. The number of hydrogen-bond donors (Lipinski definition) is 3. The number of halogens is 1. The number of aromatic nitrogens is 1. The molecule has 13 nitrogen and oxygen atoms in total. The van der Waals surface area contributed by atoms with Crippen LogP contribution in [0.25, 0.3) is 22.2 Å². The van der Waals surface area contributed by atoms with Crippen LogP contribution in [-0.2, 0) is 29.2 Å². The molecule has 15 heteroatoms. The number of benzene rings is 4. The SMILES string of the molecule is C=C[C@@H]1C[C@]1(NC(=O)[C@@H]1CC(Oc2cc(-c3ccccc3)nc3cc(OC)ccc23)CN1C(=O)CNC(=O)C(Cl)c1ccccc1)C(=O)NS(=O)(=O)c1ccccc1. The minimum absolute atomic E-state index is 0.00687. The van der Waals surface area contributed by atoms with Crippen molar-refractivity contribution in [2.45, 2.75) is 40.8 Å². The molecule has 1 aromatic heterocycles. The molecule has 1 aliphatic carbocycles. The molecule has 1 aliphatic heterocycles. The van der Waals surface area contributed by atoms with Gasteiger partial charge >= 0.3 is 0 Å². The number of nitrogens with one attached hydrogen (secondary N) is 3. The summed E-state index contributed by atoms with van der Waals surface area (Å²) in [4.78, 5) is 61.0. The molecule has 2 heterocycles. The lowest BCUT2D eigenvalue weighted by Gasteiger charge is -2.26. The number of ether oxygens (including phenoxy) is 2. The van der Waals surface area contributed by atoms with Crippen LogP contribution in [-0.4, -0.2) is 79.8 Å². The van der Waals surface area contributed by atoms with Crippen LogP contribution in [0.2, 0.25) is 0 Å². The van der Waals surface area contributed by atoms with E-state index in [-0.39, 0.29) is 24.3 Å². The predicted molar refractivity (Wildman–Crippen MR) is 217 cm³/mol. The van der Waals surface area contributed by atoms with Crippen LogP contribution in [0.5, 0.6) is 11.5 Å². The fourth-order valence-electron chi connectivity index (χ4n) is 7.08. The Hall–Kier alpha value is -6.25. The van der Waals surface area contributed by atoms with Gasteiger partial charge in [0.25, 0.3) is 15.9 Å². The number of hydrogen-bond acceptors (Lipinski definition) is 9. The number of alkyl halides is 1. The first-order valence-electron chi connectivity index (χ1n) is 18.5. The van der Waals surface area contributed by atoms with Crippen molar-refractivity contribution in [1.82, 2.24) is 25.2 Å². The third kappa shape index (κ3) is 8.38. The van der Waals surface area contributed by atoms with Gasteiger partial charge in [-0.3, -0.25) is 19.2 Å². The summed E-state index contributed by atoms with van der Waals surface area (Å²) in [6, 6.07) is 31.5. The largest absolute Gasteiger partial charge is 0.497 e. The highest BCUT2D eigenvalue weighted by atomic mass is 35.5. The Morgan fingerprint density at radius 1 is 0.966 bits per heavy atom. The molecule has 7 rings (SSSR count). The molecular weight excluding hydrogens is 782 g/mol. The molecule has 5 atom stereocenters. The smallest absolute Gasteiger partial charge is 0.264 e. The summed E-state index contributed by atoms with van der Waals surface area (Å²) in [7, 11) is -2.72. The van der Waals surface area contributed by atoms with Crippen molar-refractivity contribution in [1.29, 1.82) is 0 Å². The van der Waals surface area contributed by atoms with E-state index in [1.54, 1.807) is 61.7 Å². The van der Waals surface area contributed by atoms with Gasteiger partial charge < -0.3 is 25.0 Å². The van der Waals surface area contributed by atoms with E-state index in [9.17, 15) is 27.6 Å². The first-order valence-corrected chi connectivity index (χ1v) is 20.4. The van der Waals surface area contributed by atoms with Crippen LogP contribution in [0, 0.1) is 5.92 Å². The zero-order chi connectivity index (χ0) is 41.0. The molecular formula is C43H40ClN5O8S. The first-order chi connectivity index (χ1) is 27.9. The average Bonchev–Trinajstić information content (AvgIpc) is 3.81. The van der Waals surface area contributed by atoms with Crippen molar-refractivity contribution < 1.29 is 37.1 Å². The van der Waals surface area contributed by atoms with Gasteiger partial charge in [-0.05, 0) is 36.2 Å². The maximum absolute atomic E-state index is 14.3. The first kappa shape index (κ1) is 40.0. The van der Waals surface area contributed by atoms with Crippen molar-refractivity contribution in [3.8, 4) is 22.8 Å². The average molecular weight is 822 g/mol. The van der Waals surface area contributed by atoms with Gasteiger partial charge in [-0.1, -0.05) is 84.9 Å². The third-order valence-corrected chi connectivity index (χ3v) is 12.1. The summed E-state index contributed by atoms with van der Waals surface area (Å²) in [6.45, 7) is 3.22. The summed E-state index contributed by atoms with van der Waals surface area (Å²) in [6.07, 6.45) is 0.805. The second-order valence-corrected chi connectivity index (χ2v) is 16.2. The van der Waals surface area contributed by atoms with Gasteiger partial charge in [-0.25, -0.2) is 18.1 Å². The van der Waals surface area contributed by atoms with Gasteiger partial charge in [-0.15, -0.1) is 18.2 Å². The molecule has 2 aliphatic rings. The normalized spacial score (nSPS) is 20.4. The number of methoxy groups -OCH3 is 1. The Balaban J connectivity index is 1.16. The van der Waals surface area contributed by atoms with Gasteiger partial charge in [0.2, 0.25) is 17.7 Å². The van der Waals surface area contributed by atoms with E-state index < -0.39 is 69.2 Å². The van der Waals surface area contributed by atoms with Crippen molar-refractivity contribution in [2.24, 2.45) is 5.92 Å².